The second-order valence-electron chi connectivity index (χ2n) is 6.77. The third kappa shape index (κ3) is 5.49. The van der Waals surface area contributed by atoms with Gasteiger partial charge in [-0.3, -0.25) is 20.4 Å². The van der Waals surface area contributed by atoms with Gasteiger partial charge in [0.05, 0.1) is 17.2 Å². The Labute approximate surface area is 187 Å². The lowest BCUT2D eigenvalue weighted by atomic mass is 10.1. The molecule has 0 aliphatic carbocycles. The van der Waals surface area contributed by atoms with Crippen LogP contribution in [-0.2, 0) is 11.3 Å². The molecule has 0 saturated heterocycles. The van der Waals surface area contributed by atoms with E-state index in [4.69, 9.17) is 0 Å². The molecule has 0 atom stereocenters. The largest absolute Gasteiger partial charge is 0.269 e. The smallest absolute Gasteiger partial charge is 0.268 e. The van der Waals surface area contributed by atoms with Gasteiger partial charge in [-0.25, -0.2) is 4.98 Å². The molecule has 0 aliphatic rings. The Morgan fingerprint density at radius 2 is 1.84 bits per heavy atom. The molecule has 4 aromatic rings. The van der Waals surface area contributed by atoms with E-state index in [1.165, 1.54) is 22.2 Å². The van der Waals surface area contributed by atoms with Crippen molar-refractivity contribution >= 4 is 29.2 Å². The minimum atomic E-state index is -0.452. The van der Waals surface area contributed by atoms with Crippen molar-refractivity contribution in [1.29, 1.82) is 0 Å². The van der Waals surface area contributed by atoms with Gasteiger partial charge in [-0.1, -0.05) is 42.5 Å². The molecule has 32 heavy (non-hydrogen) atoms. The monoisotopic (exact) mass is 445 g/mol. The number of thiazole rings is 1. The SMILES string of the molecule is Cc1nc(/C=C/C(=O)NNC(=O)c2ccc(Cn3nnc(-c4ccccc4)n3)cc2)cs1. The number of benzene rings is 2. The molecule has 2 amide bonds. The summed E-state index contributed by atoms with van der Waals surface area (Å²) < 4.78 is 0. The zero-order valence-electron chi connectivity index (χ0n) is 17.1. The van der Waals surface area contributed by atoms with E-state index in [0.717, 1.165) is 16.1 Å². The van der Waals surface area contributed by atoms with E-state index >= 15 is 0 Å². The maximum atomic E-state index is 12.3. The van der Waals surface area contributed by atoms with E-state index in [1.807, 2.05) is 42.6 Å². The lowest BCUT2D eigenvalue weighted by molar-refractivity contribution is -0.117. The number of nitrogens with one attached hydrogen (secondary N) is 2. The van der Waals surface area contributed by atoms with Crippen LogP contribution >= 0.6 is 11.3 Å². The van der Waals surface area contributed by atoms with Gasteiger partial charge in [0.15, 0.2) is 0 Å². The highest BCUT2D eigenvalue weighted by Crippen LogP contribution is 2.13. The van der Waals surface area contributed by atoms with E-state index in [1.54, 1.807) is 30.3 Å². The number of rotatable bonds is 6. The second-order valence-corrected chi connectivity index (χ2v) is 7.84. The van der Waals surface area contributed by atoms with Gasteiger partial charge >= 0.3 is 0 Å². The maximum absolute atomic E-state index is 12.3. The number of hydrazine groups is 1. The van der Waals surface area contributed by atoms with Crippen LogP contribution in [0.15, 0.2) is 66.1 Å². The van der Waals surface area contributed by atoms with Crippen molar-refractivity contribution < 1.29 is 9.59 Å². The Bertz CT molecular complexity index is 1250. The first-order chi connectivity index (χ1) is 15.6. The fourth-order valence-electron chi connectivity index (χ4n) is 2.79. The van der Waals surface area contributed by atoms with Crippen molar-refractivity contribution in [2.75, 3.05) is 0 Å². The van der Waals surface area contributed by atoms with Gasteiger partial charge in [-0.05, 0) is 35.9 Å². The minimum Gasteiger partial charge on any atom is -0.268 e. The van der Waals surface area contributed by atoms with Crippen LogP contribution in [-0.4, -0.2) is 37.0 Å². The molecular formula is C22H19N7O2S. The highest BCUT2D eigenvalue weighted by molar-refractivity contribution is 7.09. The summed E-state index contributed by atoms with van der Waals surface area (Å²) in [6, 6.07) is 16.5. The Balaban J connectivity index is 1.29. The van der Waals surface area contributed by atoms with Crippen LogP contribution in [0.3, 0.4) is 0 Å². The van der Waals surface area contributed by atoms with E-state index in [-0.39, 0.29) is 0 Å². The summed E-state index contributed by atoms with van der Waals surface area (Å²) in [6.07, 6.45) is 2.90. The van der Waals surface area contributed by atoms with Crippen molar-refractivity contribution in [1.82, 2.24) is 36.0 Å². The molecular weight excluding hydrogens is 426 g/mol. The van der Waals surface area contributed by atoms with E-state index in [2.05, 4.69) is 31.2 Å². The van der Waals surface area contributed by atoms with Crippen LogP contribution in [0.25, 0.3) is 17.5 Å². The maximum Gasteiger partial charge on any atom is 0.269 e. The first-order valence-electron chi connectivity index (χ1n) is 9.69. The average molecular weight is 446 g/mol. The summed E-state index contributed by atoms with van der Waals surface area (Å²) in [5, 5.41) is 15.3. The highest BCUT2D eigenvalue weighted by atomic mass is 32.1. The molecule has 0 aliphatic heterocycles. The van der Waals surface area contributed by atoms with Crippen molar-refractivity contribution in [3.8, 4) is 11.4 Å². The zero-order chi connectivity index (χ0) is 22.3. The van der Waals surface area contributed by atoms with Gasteiger partial charge in [0.25, 0.3) is 11.8 Å². The molecule has 0 saturated carbocycles. The fraction of sp³-hybridized carbons (Fsp3) is 0.0909. The normalized spacial score (nSPS) is 10.9. The quantitative estimate of drug-likeness (QED) is 0.348. The summed E-state index contributed by atoms with van der Waals surface area (Å²) in [4.78, 5) is 29.8. The molecule has 2 aromatic carbocycles. The van der Waals surface area contributed by atoms with Crippen LogP contribution in [0.1, 0.15) is 26.6 Å². The number of hydrogen-bond donors (Lipinski definition) is 2. The topological polar surface area (TPSA) is 115 Å². The first kappa shape index (κ1) is 21.1. The summed E-state index contributed by atoms with van der Waals surface area (Å²) in [7, 11) is 0. The third-order valence-electron chi connectivity index (χ3n) is 4.37. The predicted molar refractivity (Wildman–Crippen MR) is 120 cm³/mol. The molecule has 0 bridgehead atoms. The van der Waals surface area contributed by atoms with Crippen LogP contribution in [0.2, 0.25) is 0 Å². The molecule has 160 valence electrons. The van der Waals surface area contributed by atoms with Gasteiger partial charge in [-0.15, -0.1) is 21.5 Å². The summed E-state index contributed by atoms with van der Waals surface area (Å²) >= 11 is 1.50. The summed E-state index contributed by atoms with van der Waals surface area (Å²) in [5.41, 5.74) is 7.64. The number of amides is 2. The van der Waals surface area contributed by atoms with Gasteiger partial charge in [0.1, 0.15) is 0 Å². The number of carbonyl (C=O) groups excluding carboxylic acids is 2. The van der Waals surface area contributed by atoms with Crippen molar-refractivity contribution in [2.24, 2.45) is 0 Å². The Morgan fingerprint density at radius 1 is 1.06 bits per heavy atom. The molecule has 10 heteroatoms. The molecule has 4 rings (SSSR count). The van der Waals surface area contributed by atoms with Crippen molar-refractivity contribution in [3.63, 3.8) is 0 Å². The molecule has 2 aromatic heterocycles. The Morgan fingerprint density at radius 3 is 2.56 bits per heavy atom. The number of hydrogen-bond acceptors (Lipinski definition) is 7. The van der Waals surface area contributed by atoms with Crippen LogP contribution in [0, 0.1) is 6.92 Å². The Kier molecular flexibility index (Phi) is 6.42. The molecule has 2 heterocycles. The van der Waals surface area contributed by atoms with Gasteiger partial charge in [0.2, 0.25) is 5.82 Å². The molecule has 0 radical (unpaired) electrons. The molecule has 9 nitrogen and oxygen atoms in total. The third-order valence-corrected chi connectivity index (χ3v) is 5.16. The zero-order valence-corrected chi connectivity index (χ0v) is 17.9. The Hall–Kier alpha value is -4.18. The molecule has 2 N–H and O–H groups in total. The minimum absolute atomic E-state index is 0.407. The lowest BCUT2D eigenvalue weighted by Crippen LogP contribution is -2.40. The number of aromatic nitrogens is 5. The molecule has 0 unspecified atom stereocenters. The number of aryl methyl sites for hydroxylation is 1. The fourth-order valence-corrected chi connectivity index (χ4v) is 3.37. The number of tetrazole rings is 1. The van der Waals surface area contributed by atoms with Crippen LogP contribution in [0.4, 0.5) is 0 Å². The van der Waals surface area contributed by atoms with Gasteiger partial charge in [0, 0.05) is 22.6 Å². The highest BCUT2D eigenvalue weighted by Gasteiger charge is 2.08. The average Bonchev–Trinajstić information content (AvgIpc) is 3.46. The van der Waals surface area contributed by atoms with Gasteiger partial charge in [-0.2, -0.15) is 4.80 Å². The lowest BCUT2D eigenvalue weighted by Gasteiger charge is -2.06. The molecule has 0 spiro atoms. The summed E-state index contributed by atoms with van der Waals surface area (Å²) in [5.74, 6) is -0.323. The second kappa shape index (κ2) is 9.75. The molecule has 0 fully saturated rings. The van der Waals surface area contributed by atoms with Crippen molar-refractivity contribution in [2.45, 2.75) is 13.5 Å². The summed E-state index contributed by atoms with van der Waals surface area (Å²) in [6.45, 7) is 2.30. The van der Waals surface area contributed by atoms with E-state index in [0.29, 0.717) is 23.6 Å². The first-order valence-corrected chi connectivity index (χ1v) is 10.6. The number of nitrogens with zero attached hydrogens (tertiary/aromatic N) is 5. The van der Waals surface area contributed by atoms with Crippen molar-refractivity contribution in [3.05, 3.63) is 87.9 Å². The van der Waals surface area contributed by atoms with Crippen LogP contribution in [0.5, 0.6) is 0 Å². The van der Waals surface area contributed by atoms with Gasteiger partial charge < -0.3 is 0 Å². The van der Waals surface area contributed by atoms with E-state index in [9.17, 15) is 9.59 Å². The van der Waals surface area contributed by atoms with Crippen LogP contribution < -0.4 is 10.9 Å². The number of carbonyl (C=O) groups is 2. The standard InChI is InChI=1S/C22H19N7O2S/c1-15-23-19(14-32-15)11-12-20(30)24-26-22(31)18-9-7-16(8-10-18)13-29-27-21(25-28-29)17-5-3-2-4-6-17/h2-12,14H,13H2,1H3,(H,24,30)(H,26,31)/b12-11+. The van der Waals surface area contributed by atoms with E-state index < -0.39 is 11.8 Å². The predicted octanol–water partition coefficient (Wildman–Crippen LogP) is 2.63.